The molecule has 1 atom stereocenters. The monoisotopic (exact) mass is 216 g/mol. The molecule has 0 radical (unpaired) electrons. The molecule has 3 heteroatoms. The lowest BCUT2D eigenvalue weighted by molar-refractivity contribution is 0.416. The Balaban J connectivity index is 1.91. The van der Waals surface area contributed by atoms with E-state index in [0.29, 0.717) is 0 Å². The highest BCUT2D eigenvalue weighted by atomic mass is 16.3. The smallest absolute Gasteiger partial charge is 0.120 e. The van der Waals surface area contributed by atoms with Gasteiger partial charge in [0.15, 0.2) is 0 Å². The molecule has 0 saturated carbocycles. The molecule has 2 heterocycles. The summed E-state index contributed by atoms with van der Waals surface area (Å²) < 4.78 is 5.56. The van der Waals surface area contributed by atoms with Crippen LogP contribution >= 0.6 is 0 Å². The lowest BCUT2D eigenvalue weighted by atomic mass is 10.2. The van der Waals surface area contributed by atoms with Crippen molar-refractivity contribution >= 4 is 0 Å². The van der Waals surface area contributed by atoms with E-state index in [1.807, 2.05) is 31.2 Å². The third kappa shape index (κ3) is 2.70. The summed E-state index contributed by atoms with van der Waals surface area (Å²) in [6.45, 7) is 4.88. The van der Waals surface area contributed by atoms with Crippen LogP contribution < -0.4 is 5.32 Å². The first-order valence-corrected chi connectivity index (χ1v) is 5.44. The Kier molecular flexibility index (Phi) is 3.37. The van der Waals surface area contributed by atoms with E-state index < -0.39 is 0 Å². The number of aromatic nitrogens is 1. The molecule has 1 N–H and O–H groups in total. The molecule has 16 heavy (non-hydrogen) atoms. The number of hydrogen-bond donors (Lipinski definition) is 1. The SMILES string of the molecule is Cc1ccc(C(C)NCc2ccncc2)o1. The van der Waals surface area contributed by atoms with Crippen LogP contribution in [-0.4, -0.2) is 4.98 Å². The van der Waals surface area contributed by atoms with Gasteiger partial charge in [0.05, 0.1) is 6.04 Å². The molecule has 1 unspecified atom stereocenters. The predicted molar refractivity (Wildman–Crippen MR) is 62.9 cm³/mol. The molecular formula is C13H16N2O. The second-order valence-corrected chi connectivity index (χ2v) is 3.91. The van der Waals surface area contributed by atoms with Crippen LogP contribution in [0.2, 0.25) is 0 Å². The van der Waals surface area contributed by atoms with Gasteiger partial charge in [0, 0.05) is 18.9 Å². The quantitative estimate of drug-likeness (QED) is 0.854. The van der Waals surface area contributed by atoms with Gasteiger partial charge >= 0.3 is 0 Å². The first kappa shape index (κ1) is 10.9. The maximum atomic E-state index is 5.56. The Labute approximate surface area is 95.5 Å². The molecule has 0 aromatic carbocycles. The number of furan rings is 1. The second-order valence-electron chi connectivity index (χ2n) is 3.91. The van der Waals surface area contributed by atoms with Crippen molar-refractivity contribution in [3.05, 3.63) is 53.7 Å². The number of nitrogens with zero attached hydrogens (tertiary/aromatic N) is 1. The molecule has 0 bridgehead atoms. The molecule has 0 fully saturated rings. The number of aryl methyl sites for hydroxylation is 1. The van der Waals surface area contributed by atoms with Crippen molar-refractivity contribution in [2.24, 2.45) is 0 Å². The molecule has 0 spiro atoms. The zero-order valence-electron chi connectivity index (χ0n) is 9.60. The standard InChI is InChI=1S/C13H16N2O/c1-10-3-4-13(16-10)11(2)15-9-12-5-7-14-8-6-12/h3-8,11,15H,9H2,1-2H3. The Morgan fingerprint density at radius 1 is 1.25 bits per heavy atom. The summed E-state index contributed by atoms with van der Waals surface area (Å²) in [6.07, 6.45) is 3.61. The molecule has 0 aliphatic carbocycles. The molecule has 2 aromatic heterocycles. The fourth-order valence-electron chi connectivity index (χ4n) is 1.56. The van der Waals surface area contributed by atoms with Gasteiger partial charge in [0.25, 0.3) is 0 Å². The van der Waals surface area contributed by atoms with Gasteiger partial charge in [-0.3, -0.25) is 4.98 Å². The summed E-state index contributed by atoms with van der Waals surface area (Å²) in [4.78, 5) is 3.99. The Morgan fingerprint density at radius 2 is 2.00 bits per heavy atom. The molecule has 2 rings (SSSR count). The lowest BCUT2D eigenvalue weighted by Crippen LogP contribution is -2.17. The van der Waals surface area contributed by atoms with Crippen molar-refractivity contribution < 1.29 is 4.42 Å². The van der Waals surface area contributed by atoms with Gasteiger partial charge in [0.1, 0.15) is 11.5 Å². The number of hydrogen-bond acceptors (Lipinski definition) is 3. The molecule has 3 nitrogen and oxygen atoms in total. The highest BCUT2D eigenvalue weighted by Crippen LogP contribution is 2.15. The zero-order valence-corrected chi connectivity index (χ0v) is 9.60. The van der Waals surface area contributed by atoms with Crippen LogP contribution in [0.3, 0.4) is 0 Å². The Bertz CT molecular complexity index is 436. The number of nitrogens with one attached hydrogen (secondary N) is 1. The second kappa shape index (κ2) is 4.94. The van der Waals surface area contributed by atoms with Gasteiger partial charge in [-0.05, 0) is 43.7 Å². The average molecular weight is 216 g/mol. The van der Waals surface area contributed by atoms with Gasteiger partial charge in [0.2, 0.25) is 0 Å². The van der Waals surface area contributed by atoms with E-state index in [4.69, 9.17) is 4.42 Å². The molecule has 84 valence electrons. The molecule has 0 aliphatic heterocycles. The average Bonchev–Trinajstić information content (AvgIpc) is 2.74. The van der Waals surface area contributed by atoms with E-state index in [9.17, 15) is 0 Å². The maximum Gasteiger partial charge on any atom is 0.120 e. The normalized spacial score (nSPS) is 12.6. The van der Waals surface area contributed by atoms with Gasteiger partial charge in [-0.1, -0.05) is 0 Å². The zero-order chi connectivity index (χ0) is 11.4. The van der Waals surface area contributed by atoms with Gasteiger partial charge in [-0.15, -0.1) is 0 Å². The fourth-order valence-corrected chi connectivity index (χ4v) is 1.56. The van der Waals surface area contributed by atoms with Crippen LogP contribution in [0.4, 0.5) is 0 Å². The Morgan fingerprint density at radius 3 is 2.62 bits per heavy atom. The maximum absolute atomic E-state index is 5.56. The summed E-state index contributed by atoms with van der Waals surface area (Å²) >= 11 is 0. The molecule has 0 aliphatic rings. The van der Waals surface area contributed by atoms with Crippen molar-refractivity contribution in [2.75, 3.05) is 0 Å². The predicted octanol–water partition coefficient (Wildman–Crippen LogP) is 2.83. The van der Waals surface area contributed by atoms with Crippen LogP contribution in [0.1, 0.15) is 30.0 Å². The summed E-state index contributed by atoms with van der Waals surface area (Å²) in [7, 11) is 0. The van der Waals surface area contributed by atoms with Gasteiger partial charge in [-0.25, -0.2) is 0 Å². The minimum Gasteiger partial charge on any atom is -0.465 e. The van der Waals surface area contributed by atoms with E-state index in [1.165, 1.54) is 5.56 Å². The number of pyridine rings is 1. The highest BCUT2D eigenvalue weighted by Gasteiger charge is 2.08. The van der Waals surface area contributed by atoms with Crippen LogP contribution in [-0.2, 0) is 6.54 Å². The van der Waals surface area contributed by atoms with E-state index in [-0.39, 0.29) is 6.04 Å². The van der Waals surface area contributed by atoms with Crippen LogP contribution in [0, 0.1) is 6.92 Å². The first-order valence-electron chi connectivity index (χ1n) is 5.44. The third-order valence-corrected chi connectivity index (χ3v) is 2.55. The summed E-state index contributed by atoms with van der Waals surface area (Å²) in [5.74, 6) is 1.93. The largest absolute Gasteiger partial charge is 0.465 e. The first-order chi connectivity index (χ1) is 7.75. The molecule has 0 amide bonds. The molecule has 2 aromatic rings. The van der Waals surface area contributed by atoms with Crippen molar-refractivity contribution in [3.8, 4) is 0 Å². The van der Waals surface area contributed by atoms with E-state index >= 15 is 0 Å². The van der Waals surface area contributed by atoms with E-state index in [2.05, 4.69) is 17.2 Å². The number of rotatable bonds is 4. The minimum absolute atomic E-state index is 0.224. The Hall–Kier alpha value is -1.61. The van der Waals surface area contributed by atoms with Crippen LogP contribution in [0.25, 0.3) is 0 Å². The van der Waals surface area contributed by atoms with Gasteiger partial charge in [-0.2, -0.15) is 0 Å². The topological polar surface area (TPSA) is 38.1 Å². The lowest BCUT2D eigenvalue weighted by Gasteiger charge is -2.11. The van der Waals surface area contributed by atoms with Crippen LogP contribution in [0.5, 0.6) is 0 Å². The minimum atomic E-state index is 0.224. The molecular weight excluding hydrogens is 200 g/mol. The van der Waals surface area contributed by atoms with Crippen LogP contribution in [0.15, 0.2) is 41.1 Å². The third-order valence-electron chi connectivity index (χ3n) is 2.55. The van der Waals surface area contributed by atoms with Crippen molar-refractivity contribution in [3.63, 3.8) is 0 Å². The highest BCUT2D eigenvalue weighted by molar-refractivity contribution is 5.12. The summed E-state index contributed by atoms with van der Waals surface area (Å²) in [5.41, 5.74) is 1.23. The molecule has 0 saturated heterocycles. The van der Waals surface area contributed by atoms with Crippen molar-refractivity contribution in [2.45, 2.75) is 26.4 Å². The van der Waals surface area contributed by atoms with Crippen molar-refractivity contribution in [1.82, 2.24) is 10.3 Å². The summed E-state index contributed by atoms with van der Waals surface area (Å²) in [5, 5.41) is 3.41. The van der Waals surface area contributed by atoms with E-state index in [1.54, 1.807) is 12.4 Å². The van der Waals surface area contributed by atoms with Crippen molar-refractivity contribution in [1.29, 1.82) is 0 Å². The van der Waals surface area contributed by atoms with E-state index in [0.717, 1.165) is 18.1 Å². The fraction of sp³-hybridized carbons (Fsp3) is 0.308. The van der Waals surface area contributed by atoms with Gasteiger partial charge < -0.3 is 9.73 Å². The summed E-state index contributed by atoms with van der Waals surface area (Å²) in [6, 6.07) is 8.24.